The van der Waals surface area contributed by atoms with E-state index in [9.17, 15) is 18.0 Å². The van der Waals surface area contributed by atoms with Crippen LogP contribution in [0.3, 0.4) is 0 Å². The van der Waals surface area contributed by atoms with Gasteiger partial charge in [0.15, 0.2) is 11.5 Å². The number of benzene rings is 2. The fourth-order valence-corrected chi connectivity index (χ4v) is 4.11. The van der Waals surface area contributed by atoms with Crippen LogP contribution in [0.4, 0.5) is 13.2 Å². The molecule has 0 unspecified atom stereocenters. The van der Waals surface area contributed by atoms with E-state index >= 15 is 0 Å². The van der Waals surface area contributed by atoms with Crippen LogP contribution < -0.4 is 14.8 Å². The highest BCUT2D eigenvalue weighted by molar-refractivity contribution is 5.80. The van der Waals surface area contributed by atoms with Crippen LogP contribution in [0, 0.1) is 5.92 Å². The highest BCUT2D eigenvalue weighted by atomic mass is 19.4. The Bertz CT molecular complexity index is 972. The molecule has 1 fully saturated rings. The molecule has 1 amide bonds. The number of nitrogens with zero attached hydrogens (tertiary/aromatic N) is 1. The topological polar surface area (TPSA) is 50.8 Å². The molecule has 1 heterocycles. The van der Waals surface area contributed by atoms with Crippen molar-refractivity contribution >= 4 is 5.91 Å². The molecule has 2 aliphatic rings. The Morgan fingerprint density at radius 2 is 1.85 bits per heavy atom. The van der Waals surface area contributed by atoms with E-state index in [1.165, 1.54) is 12.7 Å². The summed E-state index contributed by atoms with van der Waals surface area (Å²) in [6, 6.07) is 11.9. The van der Waals surface area contributed by atoms with Gasteiger partial charge >= 0.3 is 6.18 Å². The predicted molar refractivity (Wildman–Crippen MR) is 118 cm³/mol. The lowest BCUT2D eigenvalue weighted by Gasteiger charge is -2.30. The number of ether oxygens (including phenoxy) is 2. The number of nitrogens with one attached hydrogen (secondary N) is 1. The van der Waals surface area contributed by atoms with E-state index < -0.39 is 19.2 Å². The molecule has 0 radical (unpaired) electrons. The third-order valence-corrected chi connectivity index (χ3v) is 6.08. The second kappa shape index (κ2) is 10.0. The van der Waals surface area contributed by atoms with Crippen molar-refractivity contribution in [3.8, 4) is 11.5 Å². The van der Waals surface area contributed by atoms with Crippen molar-refractivity contribution in [3.63, 3.8) is 0 Å². The summed E-state index contributed by atoms with van der Waals surface area (Å²) in [6.45, 7) is 2.47. The predicted octanol–water partition coefficient (Wildman–Crippen LogP) is 4.61. The molecular weight excluding hydrogens is 433 g/mol. The minimum absolute atomic E-state index is 0.149. The van der Waals surface area contributed by atoms with Crippen molar-refractivity contribution in [1.29, 1.82) is 0 Å². The Hall–Kier alpha value is -2.74. The highest BCUT2D eigenvalue weighted by Gasteiger charge is 2.29. The number of fused-ring (bicyclic) bond motifs is 1. The molecule has 2 aromatic carbocycles. The molecule has 5 nitrogen and oxygen atoms in total. The molecule has 2 aromatic rings. The third-order valence-electron chi connectivity index (χ3n) is 6.08. The standard InChI is InChI=1S/C25H29F3N2O3/c1-32-23-21-10-12-30(16-20(21)8-9-22(23)33-13-11-25(26,27)28)15-18-4-2-17(3-5-18)14-29-24(31)19-6-7-19/h2-5,8-9,19H,6-7,10-16H2,1H3,(H,29,31). The van der Waals surface area contributed by atoms with Crippen molar-refractivity contribution in [1.82, 2.24) is 10.2 Å². The van der Waals surface area contributed by atoms with Gasteiger partial charge in [-0.3, -0.25) is 9.69 Å². The summed E-state index contributed by atoms with van der Waals surface area (Å²) in [7, 11) is 1.52. The smallest absolute Gasteiger partial charge is 0.392 e. The number of halogens is 3. The van der Waals surface area contributed by atoms with Crippen LogP contribution in [0.15, 0.2) is 36.4 Å². The Balaban J connectivity index is 1.33. The first-order chi connectivity index (χ1) is 15.8. The van der Waals surface area contributed by atoms with Crippen LogP contribution in [0.2, 0.25) is 0 Å². The second-order valence-corrected chi connectivity index (χ2v) is 8.72. The van der Waals surface area contributed by atoms with E-state index in [1.807, 2.05) is 18.2 Å². The van der Waals surface area contributed by atoms with E-state index in [0.29, 0.717) is 18.0 Å². The molecular formula is C25H29F3N2O3. The van der Waals surface area contributed by atoms with Gasteiger partial charge in [0.05, 0.1) is 20.1 Å². The van der Waals surface area contributed by atoms with Crippen LogP contribution in [-0.2, 0) is 30.8 Å². The lowest BCUT2D eigenvalue weighted by Crippen LogP contribution is -2.30. The van der Waals surface area contributed by atoms with Gasteiger partial charge in [0.1, 0.15) is 0 Å². The van der Waals surface area contributed by atoms with E-state index in [4.69, 9.17) is 9.47 Å². The number of hydrogen-bond acceptors (Lipinski definition) is 4. The van der Waals surface area contributed by atoms with Gasteiger partial charge < -0.3 is 14.8 Å². The molecule has 1 aliphatic carbocycles. The van der Waals surface area contributed by atoms with Crippen LogP contribution in [-0.4, -0.2) is 37.2 Å². The van der Waals surface area contributed by atoms with E-state index in [0.717, 1.165) is 55.6 Å². The molecule has 1 aliphatic heterocycles. The summed E-state index contributed by atoms with van der Waals surface area (Å²) in [5.41, 5.74) is 4.37. The van der Waals surface area contributed by atoms with Crippen molar-refractivity contribution < 1.29 is 27.4 Å². The summed E-state index contributed by atoms with van der Waals surface area (Å²) in [5.74, 6) is 1.26. The number of amides is 1. The van der Waals surface area contributed by atoms with Crippen molar-refractivity contribution in [3.05, 3.63) is 58.7 Å². The number of methoxy groups -OCH3 is 1. The highest BCUT2D eigenvalue weighted by Crippen LogP contribution is 2.37. The second-order valence-electron chi connectivity index (χ2n) is 8.72. The maximum atomic E-state index is 12.4. The molecule has 8 heteroatoms. The van der Waals surface area contributed by atoms with Gasteiger partial charge in [0, 0.05) is 37.7 Å². The zero-order valence-electron chi connectivity index (χ0n) is 18.7. The molecule has 1 saturated carbocycles. The molecule has 0 saturated heterocycles. The van der Waals surface area contributed by atoms with Gasteiger partial charge in [-0.2, -0.15) is 13.2 Å². The van der Waals surface area contributed by atoms with Gasteiger partial charge in [-0.15, -0.1) is 0 Å². The third kappa shape index (κ3) is 6.41. The van der Waals surface area contributed by atoms with Crippen LogP contribution in [0.1, 0.15) is 41.5 Å². The molecule has 0 aromatic heterocycles. The van der Waals surface area contributed by atoms with E-state index in [1.54, 1.807) is 6.07 Å². The Morgan fingerprint density at radius 3 is 2.52 bits per heavy atom. The maximum absolute atomic E-state index is 12.4. The van der Waals surface area contributed by atoms with Crippen molar-refractivity contribution in [2.75, 3.05) is 20.3 Å². The molecule has 0 atom stereocenters. The first-order valence-corrected chi connectivity index (χ1v) is 11.3. The minimum Gasteiger partial charge on any atom is -0.493 e. The van der Waals surface area contributed by atoms with Crippen LogP contribution in [0.25, 0.3) is 0 Å². The van der Waals surface area contributed by atoms with Gasteiger partial charge in [-0.1, -0.05) is 30.3 Å². The maximum Gasteiger partial charge on any atom is 0.392 e. The minimum atomic E-state index is -4.25. The van der Waals surface area contributed by atoms with E-state index in [-0.39, 0.29) is 11.8 Å². The summed E-state index contributed by atoms with van der Waals surface area (Å²) in [4.78, 5) is 14.1. The summed E-state index contributed by atoms with van der Waals surface area (Å²) >= 11 is 0. The lowest BCUT2D eigenvalue weighted by atomic mass is 9.97. The number of carbonyl (C=O) groups is 1. The largest absolute Gasteiger partial charge is 0.493 e. The summed E-state index contributed by atoms with van der Waals surface area (Å²) in [6.07, 6.45) is -2.50. The van der Waals surface area contributed by atoms with Gasteiger partial charge in [0.25, 0.3) is 0 Å². The number of alkyl halides is 3. The molecule has 178 valence electrons. The van der Waals surface area contributed by atoms with Crippen molar-refractivity contribution in [2.45, 2.75) is 51.5 Å². The fourth-order valence-electron chi connectivity index (χ4n) is 4.11. The number of rotatable bonds is 9. The Kier molecular flexibility index (Phi) is 7.12. The number of hydrogen-bond donors (Lipinski definition) is 1. The van der Waals surface area contributed by atoms with Gasteiger partial charge in [-0.05, 0) is 42.0 Å². The zero-order chi connectivity index (χ0) is 23.4. The molecule has 4 rings (SSSR count). The normalized spacial score (nSPS) is 16.2. The van der Waals surface area contributed by atoms with Crippen molar-refractivity contribution in [2.24, 2.45) is 5.92 Å². The average molecular weight is 463 g/mol. The Morgan fingerprint density at radius 1 is 1.12 bits per heavy atom. The molecule has 1 N–H and O–H groups in total. The Labute approximate surface area is 191 Å². The quantitative estimate of drug-likeness (QED) is 0.591. The first-order valence-electron chi connectivity index (χ1n) is 11.3. The lowest BCUT2D eigenvalue weighted by molar-refractivity contribution is -0.139. The van der Waals surface area contributed by atoms with Gasteiger partial charge in [0.2, 0.25) is 5.91 Å². The van der Waals surface area contributed by atoms with E-state index in [2.05, 4.69) is 22.3 Å². The monoisotopic (exact) mass is 462 g/mol. The molecule has 0 bridgehead atoms. The summed E-state index contributed by atoms with van der Waals surface area (Å²) < 4.78 is 48.1. The van der Waals surface area contributed by atoms with Crippen LogP contribution >= 0.6 is 0 Å². The summed E-state index contributed by atoms with van der Waals surface area (Å²) in [5, 5.41) is 2.98. The molecule has 0 spiro atoms. The van der Waals surface area contributed by atoms with Crippen LogP contribution in [0.5, 0.6) is 11.5 Å². The van der Waals surface area contributed by atoms with Gasteiger partial charge in [-0.25, -0.2) is 0 Å². The SMILES string of the molecule is COc1c(OCCC(F)(F)F)ccc2c1CCN(Cc1ccc(CNC(=O)C3CC3)cc1)C2. The first kappa shape index (κ1) is 23.4. The molecule has 33 heavy (non-hydrogen) atoms. The zero-order valence-corrected chi connectivity index (χ0v) is 18.7. The number of carbonyl (C=O) groups excluding carboxylic acids is 1. The average Bonchev–Trinajstić information content (AvgIpc) is 3.63. The fraction of sp³-hybridized carbons (Fsp3) is 0.480.